The van der Waals surface area contributed by atoms with E-state index >= 15 is 0 Å². The minimum atomic E-state index is -1.21. The van der Waals surface area contributed by atoms with Gasteiger partial charge in [-0.2, -0.15) is 5.10 Å². The SMILES string of the molecule is CC[C@@](O)(Cn1nccc1CCCCC1CCC(=O)NC1=O)c1ccc(F)c(OCC2CC2)c1. The van der Waals surface area contributed by atoms with Gasteiger partial charge in [0.15, 0.2) is 11.6 Å². The van der Waals surface area contributed by atoms with Crippen LogP contribution in [-0.2, 0) is 28.2 Å². The number of rotatable bonds is 12. The van der Waals surface area contributed by atoms with Gasteiger partial charge in [-0.25, -0.2) is 4.39 Å². The summed E-state index contributed by atoms with van der Waals surface area (Å²) in [6.07, 6.45) is 8.71. The van der Waals surface area contributed by atoms with Crippen LogP contribution in [0.4, 0.5) is 4.39 Å². The fourth-order valence-corrected chi connectivity index (χ4v) is 4.48. The van der Waals surface area contributed by atoms with E-state index in [0.29, 0.717) is 37.4 Å². The number of hydrogen-bond donors (Lipinski definition) is 2. The van der Waals surface area contributed by atoms with Gasteiger partial charge in [0.1, 0.15) is 5.60 Å². The molecule has 1 unspecified atom stereocenters. The van der Waals surface area contributed by atoms with E-state index in [4.69, 9.17) is 4.74 Å². The van der Waals surface area contributed by atoms with Gasteiger partial charge < -0.3 is 9.84 Å². The fraction of sp³-hybridized carbons (Fsp3) is 0.577. The Bertz CT molecular complexity index is 1020. The molecule has 1 saturated heterocycles. The lowest BCUT2D eigenvalue weighted by molar-refractivity contribution is -0.136. The number of amides is 2. The highest BCUT2D eigenvalue weighted by molar-refractivity contribution is 5.98. The molecule has 7 nitrogen and oxygen atoms in total. The van der Waals surface area contributed by atoms with Crippen molar-refractivity contribution in [2.24, 2.45) is 11.8 Å². The van der Waals surface area contributed by atoms with Crippen LogP contribution < -0.4 is 10.1 Å². The maximum absolute atomic E-state index is 14.3. The molecule has 1 aromatic heterocycles. The van der Waals surface area contributed by atoms with E-state index in [0.717, 1.165) is 44.2 Å². The minimum absolute atomic E-state index is 0.0948. The van der Waals surface area contributed by atoms with Crippen molar-refractivity contribution in [2.45, 2.75) is 76.9 Å². The number of nitrogens with zero attached hydrogens (tertiary/aromatic N) is 2. The lowest BCUT2D eigenvalue weighted by Gasteiger charge is -2.28. The second-order valence-electron chi connectivity index (χ2n) is 9.66. The number of aryl methyl sites for hydroxylation is 1. The molecule has 1 saturated carbocycles. The van der Waals surface area contributed by atoms with Crippen LogP contribution in [0.15, 0.2) is 30.5 Å². The molecular weight excluding hydrogens is 437 g/mol. The van der Waals surface area contributed by atoms with E-state index in [1.54, 1.807) is 18.3 Å². The molecule has 1 aliphatic heterocycles. The number of piperidine rings is 1. The predicted octanol–water partition coefficient (Wildman–Crippen LogP) is 3.87. The van der Waals surface area contributed by atoms with Crippen molar-refractivity contribution in [2.75, 3.05) is 6.61 Å². The number of unbranched alkanes of at least 4 members (excludes halogenated alkanes) is 1. The number of aliphatic hydroxyl groups is 1. The van der Waals surface area contributed by atoms with Crippen molar-refractivity contribution in [3.63, 3.8) is 0 Å². The molecule has 184 valence electrons. The number of hydrogen-bond acceptors (Lipinski definition) is 5. The van der Waals surface area contributed by atoms with Crippen molar-refractivity contribution >= 4 is 11.8 Å². The Morgan fingerprint density at radius 2 is 2.06 bits per heavy atom. The van der Waals surface area contributed by atoms with Gasteiger partial charge in [-0.15, -0.1) is 0 Å². The number of benzene rings is 1. The molecule has 1 aromatic carbocycles. The first-order chi connectivity index (χ1) is 16.4. The number of ether oxygens (including phenoxy) is 1. The molecule has 0 spiro atoms. The largest absolute Gasteiger partial charge is 0.490 e. The first-order valence-corrected chi connectivity index (χ1v) is 12.4. The van der Waals surface area contributed by atoms with Crippen LogP contribution in [0.2, 0.25) is 0 Å². The molecule has 2 N–H and O–H groups in total. The summed E-state index contributed by atoms with van der Waals surface area (Å²) in [7, 11) is 0. The fourth-order valence-electron chi connectivity index (χ4n) is 4.48. The molecule has 0 radical (unpaired) electrons. The third-order valence-corrected chi connectivity index (χ3v) is 7.03. The third kappa shape index (κ3) is 6.03. The van der Waals surface area contributed by atoms with Crippen molar-refractivity contribution in [3.05, 3.63) is 47.5 Å². The molecular formula is C26H34FN3O4. The van der Waals surface area contributed by atoms with E-state index in [1.165, 1.54) is 6.07 Å². The molecule has 2 atom stereocenters. The maximum atomic E-state index is 14.3. The van der Waals surface area contributed by atoms with Crippen LogP contribution in [0.5, 0.6) is 5.75 Å². The molecule has 2 heterocycles. The van der Waals surface area contributed by atoms with E-state index in [2.05, 4.69) is 10.4 Å². The Morgan fingerprint density at radius 1 is 1.24 bits per heavy atom. The molecule has 2 aliphatic rings. The summed E-state index contributed by atoms with van der Waals surface area (Å²) in [6, 6.07) is 6.53. The first kappa shape index (κ1) is 24.4. The van der Waals surface area contributed by atoms with Gasteiger partial charge in [0.25, 0.3) is 0 Å². The Kier molecular flexibility index (Phi) is 7.66. The maximum Gasteiger partial charge on any atom is 0.229 e. The number of halogens is 1. The molecule has 8 heteroatoms. The topological polar surface area (TPSA) is 93.5 Å². The van der Waals surface area contributed by atoms with Gasteiger partial charge in [0.05, 0.1) is 13.2 Å². The summed E-state index contributed by atoms with van der Waals surface area (Å²) in [5.74, 6) is -0.160. The summed E-state index contributed by atoms with van der Waals surface area (Å²) in [5.41, 5.74) is 0.405. The third-order valence-electron chi connectivity index (χ3n) is 7.03. The van der Waals surface area contributed by atoms with Gasteiger partial charge in [-0.1, -0.05) is 19.4 Å². The first-order valence-electron chi connectivity index (χ1n) is 12.4. The molecule has 2 fully saturated rings. The summed E-state index contributed by atoms with van der Waals surface area (Å²) < 4.78 is 21.7. The lowest BCUT2D eigenvalue weighted by atomic mass is 9.90. The van der Waals surface area contributed by atoms with Crippen LogP contribution in [0.3, 0.4) is 0 Å². The number of nitrogens with one attached hydrogen (secondary N) is 1. The predicted molar refractivity (Wildman–Crippen MR) is 124 cm³/mol. The quantitative estimate of drug-likeness (QED) is 0.362. The number of imide groups is 1. The van der Waals surface area contributed by atoms with Crippen LogP contribution >= 0.6 is 0 Å². The van der Waals surface area contributed by atoms with Gasteiger partial charge in [-0.3, -0.25) is 19.6 Å². The number of carbonyl (C=O) groups is 2. The van der Waals surface area contributed by atoms with Crippen molar-refractivity contribution in [3.8, 4) is 5.75 Å². The van der Waals surface area contributed by atoms with Crippen molar-refractivity contribution < 1.29 is 23.8 Å². The zero-order chi connectivity index (χ0) is 24.1. The highest BCUT2D eigenvalue weighted by Crippen LogP contribution is 2.34. The average molecular weight is 472 g/mol. The minimum Gasteiger partial charge on any atom is -0.490 e. The second kappa shape index (κ2) is 10.7. The zero-order valence-corrected chi connectivity index (χ0v) is 19.8. The molecule has 0 bridgehead atoms. The van der Waals surface area contributed by atoms with Gasteiger partial charge in [0, 0.05) is 24.2 Å². The zero-order valence-electron chi connectivity index (χ0n) is 19.8. The van der Waals surface area contributed by atoms with Gasteiger partial charge >= 0.3 is 0 Å². The van der Waals surface area contributed by atoms with Crippen LogP contribution in [-0.4, -0.2) is 33.3 Å². The summed E-state index contributed by atoms with van der Waals surface area (Å²) >= 11 is 0. The molecule has 2 aromatic rings. The summed E-state index contributed by atoms with van der Waals surface area (Å²) in [4.78, 5) is 23.2. The van der Waals surface area contributed by atoms with Crippen molar-refractivity contribution in [1.82, 2.24) is 15.1 Å². The van der Waals surface area contributed by atoms with Crippen LogP contribution in [0.25, 0.3) is 0 Å². The monoisotopic (exact) mass is 471 g/mol. The lowest BCUT2D eigenvalue weighted by Crippen LogP contribution is -2.40. The Morgan fingerprint density at radius 3 is 2.79 bits per heavy atom. The standard InChI is InChI=1S/C26H34FN3O4/c1-2-26(33,20-10-11-22(27)23(15-20)34-16-18-7-8-18)17-30-21(13-14-28-30)6-4-3-5-19-9-12-24(31)29-25(19)32/h10-11,13-15,18-19,33H,2-9,12,16-17H2,1H3,(H,29,31,32)/t19?,26-/m1/s1. The number of carbonyl (C=O) groups excluding carboxylic acids is 2. The number of aromatic nitrogens is 2. The van der Waals surface area contributed by atoms with E-state index < -0.39 is 11.4 Å². The summed E-state index contributed by atoms with van der Waals surface area (Å²) in [6.45, 7) is 2.66. The smallest absolute Gasteiger partial charge is 0.229 e. The Labute approximate surface area is 199 Å². The molecule has 2 amide bonds. The Balaban J connectivity index is 1.35. The normalized spacial score (nSPS) is 20.1. The highest BCUT2D eigenvalue weighted by Gasteiger charge is 2.31. The molecule has 4 rings (SSSR count). The van der Waals surface area contributed by atoms with Gasteiger partial charge in [0.2, 0.25) is 11.8 Å². The molecule has 1 aliphatic carbocycles. The van der Waals surface area contributed by atoms with Gasteiger partial charge in [-0.05, 0) is 74.6 Å². The van der Waals surface area contributed by atoms with E-state index in [-0.39, 0.29) is 30.0 Å². The Hall–Kier alpha value is -2.74. The van der Waals surface area contributed by atoms with E-state index in [1.807, 2.05) is 17.7 Å². The van der Waals surface area contributed by atoms with Crippen molar-refractivity contribution in [1.29, 1.82) is 0 Å². The molecule has 34 heavy (non-hydrogen) atoms. The van der Waals surface area contributed by atoms with Crippen LogP contribution in [0.1, 0.15) is 69.5 Å². The van der Waals surface area contributed by atoms with E-state index in [9.17, 15) is 19.1 Å². The average Bonchev–Trinajstić information content (AvgIpc) is 3.55. The second-order valence-corrected chi connectivity index (χ2v) is 9.66. The van der Waals surface area contributed by atoms with Crippen LogP contribution in [0, 0.1) is 17.7 Å². The summed E-state index contributed by atoms with van der Waals surface area (Å²) in [5, 5.41) is 18.3. The highest BCUT2D eigenvalue weighted by atomic mass is 19.1.